The molecule has 6 heterocycles. The summed E-state index contributed by atoms with van der Waals surface area (Å²) in [5.41, 5.74) is 26.8. The number of imide groups is 1. The van der Waals surface area contributed by atoms with Gasteiger partial charge in [-0.1, -0.05) is 51.1 Å². The number of nitrogens with zero attached hydrogens (tertiary/aromatic N) is 7. The number of hydrogen-bond acceptors (Lipinski definition) is 25. The van der Waals surface area contributed by atoms with Crippen molar-refractivity contribution in [3.8, 4) is 0 Å². The van der Waals surface area contributed by atoms with Crippen molar-refractivity contribution in [2.45, 2.75) is 167 Å². The summed E-state index contributed by atoms with van der Waals surface area (Å²) >= 11 is 7.12. The molecule has 8 amide bonds. The Morgan fingerprint density at radius 1 is 0.692 bits per heavy atom. The number of alkyl halides is 1. The Kier molecular flexibility index (Phi) is 34.9. The molecule has 1 fully saturated rings. The number of amides is 8. The van der Waals surface area contributed by atoms with Crippen LogP contribution in [0.15, 0.2) is 124 Å². The normalized spacial score (nSPS) is 14.9. The second-order valence-corrected chi connectivity index (χ2v) is 34.4. The number of carboxylic acids is 4. The van der Waals surface area contributed by atoms with Gasteiger partial charge in [-0.2, -0.15) is 10.1 Å². The number of hydrogen-bond donors (Lipinski definition) is 16. The molecule has 0 aliphatic carbocycles. The van der Waals surface area contributed by atoms with Gasteiger partial charge in [0.1, 0.15) is 29.3 Å². The highest BCUT2D eigenvalue weighted by Gasteiger charge is 2.42. The van der Waals surface area contributed by atoms with Crippen LogP contribution in [0.25, 0.3) is 43.7 Å². The minimum absolute atomic E-state index is 0.0112. The van der Waals surface area contributed by atoms with E-state index in [-0.39, 0.29) is 128 Å². The number of H-pyrrole nitrogens is 3. The third kappa shape index (κ3) is 27.5. The summed E-state index contributed by atoms with van der Waals surface area (Å²) in [7, 11) is 0. The zero-order valence-electron chi connectivity index (χ0n) is 73.6. The molecule has 8 atom stereocenters. The van der Waals surface area contributed by atoms with E-state index in [1.807, 2.05) is 72.5 Å². The van der Waals surface area contributed by atoms with E-state index in [1.165, 1.54) is 42.8 Å². The third-order valence-electron chi connectivity index (χ3n) is 22.5. The average molecular weight is 1870 g/mol. The molecule has 0 bridgehead atoms. The van der Waals surface area contributed by atoms with Crippen LogP contribution in [-0.2, 0) is 75.3 Å². The molecule has 133 heavy (non-hydrogen) atoms. The van der Waals surface area contributed by atoms with Crippen LogP contribution in [0.3, 0.4) is 0 Å². The van der Waals surface area contributed by atoms with Gasteiger partial charge in [0.2, 0.25) is 41.4 Å². The number of aryl methyl sites for hydroxylation is 1. The van der Waals surface area contributed by atoms with Crippen molar-refractivity contribution in [3.05, 3.63) is 159 Å². The lowest BCUT2D eigenvalue weighted by Crippen LogP contribution is -2.48. The second kappa shape index (κ2) is 46.2. The number of halogens is 1. The van der Waals surface area contributed by atoms with Gasteiger partial charge in [-0.25, -0.2) is 25.0 Å². The lowest BCUT2D eigenvalue weighted by molar-refractivity contribution is -0.144. The van der Waals surface area contributed by atoms with E-state index in [9.17, 15) is 102 Å². The van der Waals surface area contributed by atoms with Gasteiger partial charge in [0, 0.05) is 138 Å². The molecule has 2 aliphatic rings. The number of carbonyl (C=O) groups is 16. The predicted octanol–water partition coefficient (Wildman–Crippen LogP) is 7.33. The Bertz CT molecular complexity index is 6130. The molecular formula is C91H104ClN19O21S. The van der Waals surface area contributed by atoms with Crippen LogP contribution in [0.4, 0.5) is 23.0 Å². The van der Waals surface area contributed by atoms with Crippen molar-refractivity contribution in [3.63, 3.8) is 0 Å². The van der Waals surface area contributed by atoms with Crippen molar-refractivity contribution in [2.24, 2.45) is 45.2 Å². The number of thioether (sulfide) groups is 1. The van der Waals surface area contributed by atoms with Crippen LogP contribution in [0.2, 0.25) is 0 Å². The smallest absolute Gasteiger partial charge is 0.327 e. The monoisotopic (exact) mass is 1870 g/mol. The summed E-state index contributed by atoms with van der Waals surface area (Å²) in [6.07, 6.45) is -3.07. The van der Waals surface area contributed by atoms with Gasteiger partial charge in [-0.3, -0.25) is 82.0 Å². The number of nitrogen functional groups attached to an aromatic ring is 1. The maximum atomic E-state index is 14.0. The number of hydrazone groups is 1. The number of nitrogens with two attached hydrogens (primary N) is 3. The Labute approximate surface area is 769 Å². The van der Waals surface area contributed by atoms with E-state index in [2.05, 4.69) is 111 Å². The quantitative estimate of drug-likeness (QED) is 0.00337. The molecule has 702 valence electrons. The molecule has 2 unspecified atom stereocenters. The number of benzene rings is 5. The fourth-order valence-corrected chi connectivity index (χ4v) is 16.9. The van der Waals surface area contributed by atoms with E-state index in [4.69, 9.17) is 28.8 Å². The van der Waals surface area contributed by atoms with Gasteiger partial charge in [0.25, 0.3) is 17.4 Å². The fourth-order valence-electron chi connectivity index (χ4n) is 15.5. The number of ketones is 4. The maximum absolute atomic E-state index is 14.0. The number of anilines is 4. The highest BCUT2D eigenvalue weighted by atomic mass is 35.5. The molecule has 9 aromatic rings. The van der Waals surface area contributed by atoms with Gasteiger partial charge in [-0.05, 0) is 159 Å². The third-order valence-corrected chi connectivity index (χ3v) is 24.2. The Morgan fingerprint density at radius 3 is 1.99 bits per heavy atom. The van der Waals surface area contributed by atoms with Crippen molar-refractivity contribution < 1.29 is 97.1 Å². The van der Waals surface area contributed by atoms with Crippen LogP contribution >= 0.6 is 23.4 Å². The molecule has 0 spiro atoms. The van der Waals surface area contributed by atoms with Crippen molar-refractivity contribution >= 4 is 196 Å². The van der Waals surface area contributed by atoms with Gasteiger partial charge < -0.3 is 83.9 Å². The number of guanidine groups is 1. The summed E-state index contributed by atoms with van der Waals surface area (Å²) in [5, 5.41) is 59.1. The minimum Gasteiger partial charge on any atom is -0.481 e. The van der Waals surface area contributed by atoms with Crippen LogP contribution in [-0.4, -0.2) is 216 Å². The minimum atomic E-state index is -1.82. The number of Topliss-reactive ketones (excluding diaryl/α,β-unsaturated/α-hetero) is 4. The first-order valence-corrected chi connectivity index (χ1v) is 44.3. The van der Waals surface area contributed by atoms with Crippen LogP contribution < -0.4 is 59.7 Å². The second-order valence-electron chi connectivity index (χ2n) is 32.9. The molecule has 40 nitrogen and oxygen atoms in total. The number of carbonyl (C=O) groups excluding carboxylic acids is 12. The molecular weight excluding hydrogens is 1760 g/mol. The van der Waals surface area contributed by atoms with Crippen LogP contribution in [0, 0.1) is 30.6 Å². The number of aliphatic imine (C=N–C) groups is 1. The van der Waals surface area contributed by atoms with Crippen LogP contribution in [0.5, 0.6) is 0 Å². The lowest BCUT2D eigenvalue weighted by atomic mass is 9.91. The summed E-state index contributed by atoms with van der Waals surface area (Å²) in [5.74, 6) is -17.5. The van der Waals surface area contributed by atoms with Gasteiger partial charge in [0.15, 0.2) is 28.7 Å². The number of aliphatic carboxylic acids is 4. The molecule has 19 N–H and O–H groups in total. The van der Waals surface area contributed by atoms with Crippen molar-refractivity contribution in [1.29, 1.82) is 0 Å². The van der Waals surface area contributed by atoms with E-state index < -0.39 is 156 Å². The number of carboxylic acid groups (broad SMARTS) is 4. The standard InChI is InChI=1S/C51H65N15O18S.C40H39ClN4O3/c1-24(5-6-25(2)67)64-65-37(70)13-15-66-38(71)20-36(47(66)80)85-23-34(49(83)84)61-45(78)28(19-40(74)75)17-35(69)32(4-3-14-55-50(52)53)59-44(77)27(18-39(72)73)16-31(68)11-12-33(48(81)82)60-43(76)26-7-9-29(10-8-26)56-21-30-22-57-42-41(58-30)46(79)63-51(54)62-42;1-5-29(22(2)3)39(47)42-28-11-13-33-26(17-28)18-34(43-33)37(46)16-24-10-12-32-25(15-24)19-35(44-32)40(48)45-21-27(20-41)38-31-9-7-6-8-30(31)23(4)14-36(38)45/h7-10,22,27-28,32-34,36,56H,3-6,11-21,23H2,1-2H3,(H,59,77)(H,60,76)(H,61,78)(H,65,70)(H,72,73)(H,74,75)(H,81,82)(H,83,84)(H4,52,53,55)(H3,54,57,62,63,79);6-15,17-19,22,27,29,43-44H,5,16,20-21H2,1-4H3,(H,42,47)/b64-24-;/t27-,28-,32-,33-,34-,36?;27?,29-/m00/s1. The zero-order chi connectivity index (χ0) is 96.8. The largest absolute Gasteiger partial charge is 0.481 e. The summed E-state index contributed by atoms with van der Waals surface area (Å²) < 4.78 is 0. The number of rotatable bonds is 46. The molecule has 0 radical (unpaired) electrons. The maximum Gasteiger partial charge on any atom is 0.327 e. The predicted molar refractivity (Wildman–Crippen MR) is 495 cm³/mol. The SMILES string of the molecule is CC(=O)CC/C(C)=N\NC(=O)CCN1C(=O)CC(SC[C@H](NC(=O)[C@H](CC(=O)O)CC(=O)[C@H](CCCN=C(N)N)NC(=O)[C@H](CC(=O)O)CC(=O)CC[C@H](NC(=O)c2ccc(NCc3cnc4nc(N)[nH]c(=O)c4n3)cc2)C(=O)O)C(=O)O)C1=O.CC[C@H](C(=O)Nc1ccc2[nH]c(C(=O)Cc3ccc4[nH]c(C(=O)N5CC(CCl)c6c5cc(C)c5ccccc65)cc4c3)cc2c1)C(C)C. The van der Waals surface area contributed by atoms with Crippen molar-refractivity contribution in [2.75, 3.05) is 52.5 Å². The average Bonchev–Trinajstić information content (AvgIpc) is 1.61. The molecule has 42 heteroatoms. The topological polar surface area (TPSA) is 639 Å². The number of aromatic nitrogens is 6. The molecule has 4 aromatic heterocycles. The lowest BCUT2D eigenvalue weighted by Gasteiger charge is -2.24. The van der Waals surface area contributed by atoms with E-state index in [1.54, 1.807) is 6.92 Å². The number of nitrogens with one attached hydrogen (secondary N) is 9. The molecule has 0 saturated carbocycles. The summed E-state index contributed by atoms with van der Waals surface area (Å²) in [4.78, 5) is 246. The zero-order valence-corrected chi connectivity index (χ0v) is 75.2. The first-order chi connectivity index (χ1) is 63.2. The van der Waals surface area contributed by atoms with E-state index in [0.29, 0.717) is 64.8 Å². The number of aromatic amines is 3. The van der Waals surface area contributed by atoms with Gasteiger partial charge in [0.05, 0.1) is 60.1 Å². The van der Waals surface area contributed by atoms with Gasteiger partial charge in [-0.15, -0.1) is 23.4 Å². The Hall–Kier alpha value is -14.6. The number of fused-ring (bicyclic) bond motifs is 6. The van der Waals surface area contributed by atoms with E-state index in [0.717, 1.165) is 60.9 Å². The summed E-state index contributed by atoms with van der Waals surface area (Å²) in [6, 6.07) is 26.2. The highest BCUT2D eigenvalue weighted by molar-refractivity contribution is 8.00. The molecule has 1 saturated heterocycles. The first-order valence-electron chi connectivity index (χ1n) is 42.8. The molecule has 5 aromatic carbocycles. The molecule has 2 aliphatic heterocycles. The Balaban J connectivity index is 0.000000319. The van der Waals surface area contributed by atoms with E-state index >= 15 is 0 Å². The van der Waals surface area contributed by atoms with Crippen LogP contribution in [0.1, 0.15) is 178 Å². The van der Waals surface area contributed by atoms with Crippen molar-refractivity contribution in [1.82, 2.24) is 56.2 Å². The first kappa shape index (κ1) is 101. The molecule has 11 rings (SSSR count). The van der Waals surface area contributed by atoms with Gasteiger partial charge >= 0.3 is 23.9 Å². The number of likely N-dealkylation sites (tertiary alicyclic amines) is 1. The Morgan fingerprint density at radius 2 is 1.34 bits per heavy atom. The fraction of sp³-hybridized carbons (Fsp3) is 0.385. The highest BCUT2D eigenvalue weighted by Crippen LogP contribution is 2.44. The summed E-state index contributed by atoms with van der Waals surface area (Å²) in [6.45, 7) is 11.4.